The summed E-state index contributed by atoms with van der Waals surface area (Å²) in [6.07, 6.45) is 3.70. The predicted molar refractivity (Wildman–Crippen MR) is 114 cm³/mol. The van der Waals surface area contributed by atoms with Gasteiger partial charge in [0.05, 0.1) is 6.04 Å². The van der Waals surface area contributed by atoms with Gasteiger partial charge in [-0.3, -0.25) is 9.69 Å². The van der Waals surface area contributed by atoms with Crippen molar-refractivity contribution in [1.82, 2.24) is 15.4 Å². The molecule has 1 aliphatic heterocycles. The first kappa shape index (κ1) is 19.4. The number of nitrogens with zero attached hydrogens (tertiary/aromatic N) is 2. The zero-order valence-corrected chi connectivity index (χ0v) is 16.8. The molecule has 150 valence electrons. The Morgan fingerprint density at radius 1 is 1.03 bits per heavy atom. The molecule has 5 nitrogen and oxygen atoms in total. The molecule has 0 spiro atoms. The monoisotopic (exact) mass is 389 g/mol. The minimum atomic E-state index is -0.138. The number of hydrogen-bond donors (Lipinski definition) is 1. The van der Waals surface area contributed by atoms with Crippen molar-refractivity contribution < 1.29 is 9.32 Å². The van der Waals surface area contributed by atoms with Gasteiger partial charge in [0.1, 0.15) is 17.0 Å². The molecule has 1 aromatic heterocycles. The summed E-state index contributed by atoms with van der Waals surface area (Å²) in [6, 6.07) is 20.3. The third-order valence-electron chi connectivity index (χ3n) is 5.61. The molecule has 0 saturated carbocycles. The summed E-state index contributed by atoms with van der Waals surface area (Å²) < 4.78 is 5.36. The summed E-state index contributed by atoms with van der Waals surface area (Å²) in [7, 11) is 0. The van der Waals surface area contributed by atoms with E-state index in [1.54, 1.807) is 6.92 Å². The lowest BCUT2D eigenvalue weighted by Gasteiger charge is -2.35. The van der Waals surface area contributed by atoms with E-state index in [1.807, 2.05) is 36.4 Å². The van der Waals surface area contributed by atoms with Crippen molar-refractivity contribution in [3.8, 4) is 11.3 Å². The van der Waals surface area contributed by atoms with E-state index in [-0.39, 0.29) is 11.9 Å². The molecule has 1 aliphatic rings. The number of aryl methyl sites for hydroxylation is 1. The average Bonchev–Trinajstić information content (AvgIpc) is 3.17. The minimum Gasteiger partial charge on any atom is -0.360 e. The predicted octanol–water partition coefficient (Wildman–Crippen LogP) is 4.61. The van der Waals surface area contributed by atoms with Gasteiger partial charge in [0.15, 0.2) is 0 Å². The molecule has 2 aromatic carbocycles. The fourth-order valence-electron chi connectivity index (χ4n) is 4.07. The normalized spacial score (nSPS) is 15.8. The van der Waals surface area contributed by atoms with Crippen LogP contribution in [0.25, 0.3) is 11.3 Å². The first-order valence-electron chi connectivity index (χ1n) is 10.3. The van der Waals surface area contributed by atoms with Crippen LogP contribution in [-0.4, -0.2) is 35.6 Å². The fraction of sp³-hybridized carbons (Fsp3) is 0.333. The molecular weight excluding hydrogens is 362 g/mol. The van der Waals surface area contributed by atoms with Gasteiger partial charge in [-0.15, -0.1) is 0 Å². The van der Waals surface area contributed by atoms with Crippen LogP contribution < -0.4 is 5.32 Å². The number of hydrogen-bond acceptors (Lipinski definition) is 4. The lowest BCUT2D eigenvalue weighted by molar-refractivity contribution is 0.0923. The van der Waals surface area contributed by atoms with Crippen molar-refractivity contribution >= 4 is 5.91 Å². The van der Waals surface area contributed by atoms with Gasteiger partial charge in [-0.05, 0) is 38.4 Å². The van der Waals surface area contributed by atoms with Crippen molar-refractivity contribution in [3.05, 3.63) is 77.6 Å². The Balaban J connectivity index is 1.54. The second kappa shape index (κ2) is 9.05. The Morgan fingerprint density at radius 3 is 2.38 bits per heavy atom. The summed E-state index contributed by atoms with van der Waals surface area (Å²) in [6.45, 7) is 4.48. The molecular formula is C24H27N3O2. The topological polar surface area (TPSA) is 58.4 Å². The van der Waals surface area contributed by atoms with E-state index in [0.717, 1.165) is 18.7 Å². The fourth-order valence-corrected chi connectivity index (χ4v) is 4.07. The molecule has 1 unspecified atom stereocenters. The van der Waals surface area contributed by atoms with Gasteiger partial charge in [0.2, 0.25) is 0 Å². The van der Waals surface area contributed by atoms with Crippen LogP contribution in [0.5, 0.6) is 0 Å². The highest BCUT2D eigenvalue weighted by Crippen LogP contribution is 2.27. The van der Waals surface area contributed by atoms with Crippen LogP contribution in [0.4, 0.5) is 0 Å². The molecule has 1 amide bonds. The van der Waals surface area contributed by atoms with Gasteiger partial charge in [-0.2, -0.15) is 0 Å². The van der Waals surface area contributed by atoms with Gasteiger partial charge in [0.25, 0.3) is 5.91 Å². The number of nitrogens with one attached hydrogen (secondary N) is 1. The van der Waals surface area contributed by atoms with E-state index < -0.39 is 0 Å². The molecule has 1 fully saturated rings. The van der Waals surface area contributed by atoms with E-state index in [0.29, 0.717) is 23.6 Å². The lowest BCUT2D eigenvalue weighted by Crippen LogP contribution is -2.40. The smallest absolute Gasteiger partial charge is 0.257 e. The molecule has 0 aliphatic carbocycles. The van der Waals surface area contributed by atoms with Gasteiger partial charge >= 0.3 is 0 Å². The minimum absolute atomic E-state index is 0.138. The second-order valence-corrected chi connectivity index (χ2v) is 7.56. The van der Waals surface area contributed by atoms with Crippen LogP contribution in [-0.2, 0) is 0 Å². The molecule has 1 N–H and O–H groups in total. The van der Waals surface area contributed by atoms with E-state index in [4.69, 9.17) is 4.52 Å². The van der Waals surface area contributed by atoms with Crippen LogP contribution in [0.3, 0.4) is 0 Å². The van der Waals surface area contributed by atoms with E-state index in [2.05, 4.69) is 39.6 Å². The van der Waals surface area contributed by atoms with Gasteiger partial charge < -0.3 is 9.84 Å². The molecule has 3 aromatic rings. The number of aromatic nitrogens is 1. The summed E-state index contributed by atoms with van der Waals surface area (Å²) in [5, 5.41) is 7.29. The average molecular weight is 389 g/mol. The van der Waals surface area contributed by atoms with Gasteiger partial charge in [-0.25, -0.2) is 0 Å². The lowest BCUT2D eigenvalue weighted by atomic mass is 10.0. The Morgan fingerprint density at radius 2 is 1.69 bits per heavy atom. The Labute approximate surface area is 171 Å². The zero-order chi connectivity index (χ0) is 20.1. The number of likely N-dealkylation sites (tertiary alicyclic amines) is 1. The maximum atomic E-state index is 13.1. The van der Waals surface area contributed by atoms with Gasteiger partial charge in [-0.1, -0.05) is 72.2 Å². The highest BCUT2D eigenvalue weighted by molar-refractivity contribution is 6.00. The van der Waals surface area contributed by atoms with Crippen molar-refractivity contribution in [2.75, 3.05) is 19.6 Å². The molecule has 0 bridgehead atoms. The molecule has 0 radical (unpaired) electrons. The number of carbonyl (C=O) groups is 1. The summed E-state index contributed by atoms with van der Waals surface area (Å²) >= 11 is 0. The Hall–Kier alpha value is -2.92. The molecule has 2 heterocycles. The number of benzene rings is 2. The van der Waals surface area contributed by atoms with Crippen LogP contribution >= 0.6 is 0 Å². The highest BCUT2D eigenvalue weighted by Gasteiger charge is 2.25. The van der Waals surface area contributed by atoms with Crippen LogP contribution in [0.2, 0.25) is 0 Å². The van der Waals surface area contributed by atoms with E-state index in [1.165, 1.54) is 24.8 Å². The van der Waals surface area contributed by atoms with Crippen LogP contribution in [0.15, 0.2) is 65.2 Å². The van der Waals surface area contributed by atoms with Crippen LogP contribution in [0.1, 0.15) is 47.0 Å². The maximum absolute atomic E-state index is 13.1. The molecule has 1 atom stereocenters. The number of amides is 1. The summed E-state index contributed by atoms with van der Waals surface area (Å²) in [5.41, 5.74) is 3.22. The summed E-state index contributed by atoms with van der Waals surface area (Å²) in [5.74, 6) is 0.399. The third kappa shape index (κ3) is 4.40. The number of rotatable bonds is 6. The molecule has 29 heavy (non-hydrogen) atoms. The molecule has 1 saturated heterocycles. The SMILES string of the molecule is Cc1onc(-c2ccccc2)c1C(=O)NCC(c1ccccc1)N1CCCCC1. The van der Waals surface area contributed by atoms with E-state index in [9.17, 15) is 4.79 Å². The van der Waals surface area contributed by atoms with Crippen molar-refractivity contribution in [3.63, 3.8) is 0 Å². The quantitative estimate of drug-likeness (QED) is 0.669. The maximum Gasteiger partial charge on any atom is 0.257 e. The highest BCUT2D eigenvalue weighted by atomic mass is 16.5. The molecule has 5 heteroatoms. The second-order valence-electron chi connectivity index (χ2n) is 7.56. The number of carbonyl (C=O) groups excluding carboxylic acids is 1. The molecule has 4 rings (SSSR count). The summed E-state index contributed by atoms with van der Waals surface area (Å²) in [4.78, 5) is 15.6. The Kier molecular flexibility index (Phi) is 6.06. The van der Waals surface area contributed by atoms with Gasteiger partial charge in [0, 0.05) is 12.1 Å². The standard InChI is InChI=1S/C24H27N3O2/c1-18-22(23(26-29-18)20-13-7-3-8-14-20)24(28)25-17-21(19-11-5-2-6-12-19)27-15-9-4-10-16-27/h2-3,5-8,11-14,21H,4,9-10,15-17H2,1H3,(H,25,28). The Bertz CT molecular complexity index is 931. The van der Waals surface area contributed by atoms with Crippen LogP contribution in [0, 0.1) is 6.92 Å². The first-order chi connectivity index (χ1) is 14.2. The number of piperidine rings is 1. The first-order valence-corrected chi connectivity index (χ1v) is 10.3. The van der Waals surface area contributed by atoms with Crippen molar-refractivity contribution in [1.29, 1.82) is 0 Å². The largest absolute Gasteiger partial charge is 0.360 e. The van der Waals surface area contributed by atoms with Crippen molar-refractivity contribution in [2.45, 2.75) is 32.2 Å². The van der Waals surface area contributed by atoms with Crippen molar-refractivity contribution in [2.24, 2.45) is 0 Å². The third-order valence-corrected chi connectivity index (χ3v) is 5.61. The van der Waals surface area contributed by atoms with E-state index >= 15 is 0 Å². The zero-order valence-electron chi connectivity index (χ0n) is 16.8.